The molecule has 2 heterocycles. The van der Waals surface area contributed by atoms with Crippen LogP contribution < -0.4 is 5.32 Å². The summed E-state index contributed by atoms with van der Waals surface area (Å²) in [7, 11) is 0. The van der Waals surface area contributed by atoms with E-state index in [2.05, 4.69) is 39.4 Å². The van der Waals surface area contributed by atoms with E-state index in [0.717, 1.165) is 38.5 Å². The molecule has 0 aromatic heterocycles. The first-order valence-corrected chi connectivity index (χ1v) is 10.1. The molecule has 2 fully saturated rings. The molecule has 1 aliphatic carbocycles. The largest absolute Gasteiger partial charge is 0.349 e. The van der Waals surface area contributed by atoms with Gasteiger partial charge in [0.15, 0.2) is 0 Å². The third kappa shape index (κ3) is 4.06. The molecule has 0 spiro atoms. The molecular weight excluding hydrogens is 310 g/mol. The zero-order valence-corrected chi connectivity index (χ0v) is 15.3. The lowest BCUT2D eigenvalue weighted by molar-refractivity contribution is -0.122. The standard InChI is InChI=1S/C21H31N3O/c25-21(22-20-10-3-7-17-6-1-2-9-19(17)20)11-15-23-12-5-14-24-13-4-8-18(24)16-23/h1-2,6,9,18,20H,3-5,7-8,10-16H2,(H,22,25)/t18-,20+/m1/s1. The lowest BCUT2D eigenvalue weighted by atomic mass is 9.87. The molecule has 136 valence electrons. The van der Waals surface area contributed by atoms with Crippen molar-refractivity contribution < 1.29 is 4.79 Å². The topological polar surface area (TPSA) is 35.6 Å². The van der Waals surface area contributed by atoms with Gasteiger partial charge in [0.05, 0.1) is 6.04 Å². The Morgan fingerprint density at radius 2 is 1.96 bits per heavy atom. The summed E-state index contributed by atoms with van der Waals surface area (Å²) < 4.78 is 0. The monoisotopic (exact) mass is 341 g/mol. The minimum atomic E-state index is 0.215. The molecule has 25 heavy (non-hydrogen) atoms. The van der Waals surface area contributed by atoms with E-state index in [-0.39, 0.29) is 11.9 Å². The molecular formula is C21H31N3O. The van der Waals surface area contributed by atoms with Gasteiger partial charge in [-0.15, -0.1) is 0 Å². The Hall–Kier alpha value is -1.39. The van der Waals surface area contributed by atoms with Gasteiger partial charge in [0.2, 0.25) is 5.91 Å². The van der Waals surface area contributed by atoms with Crippen LogP contribution in [0.5, 0.6) is 0 Å². The fraction of sp³-hybridized carbons (Fsp3) is 0.667. The average Bonchev–Trinajstić information content (AvgIpc) is 2.98. The number of hydrogen-bond donors (Lipinski definition) is 1. The van der Waals surface area contributed by atoms with E-state index in [1.807, 2.05) is 0 Å². The highest BCUT2D eigenvalue weighted by molar-refractivity contribution is 5.76. The van der Waals surface area contributed by atoms with Crippen LogP contribution >= 0.6 is 0 Å². The molecule has 1 N–H and O–H groups in total. The summed E-state index contributed by atoms with van der Waals surface area (Å²) in [6, 6.07) is 9.53. The van der Waals surface area contributed by atoms with Crippen molar-refractivity contribution in [1.82, 2.24) is 15.1 Å². The van der Waals surface area contributed by atoms with Gasteiger partial charge in [-0.1, -0.05) is 24.3 Å². The zero-order chi connectivity index (χ0) is 17.1. The number of hydrogen-bond acceptors (Lipinski definition) is 3. The van der Waals surface area contributed by atoms with Crippen molar-refractivity contribution in [3.05, 3.63) is 35.4 Å². The fourth-order valence-electron chi connectivity index (χ4n) is 4.92. The predicted molar refractivity (Wildman–Crippen MR) is 101 cm³/mol. The second-order valence-electron chi connectivity index (χ2n) is 7.95. The Kier molecular flexibility index (Phi) is 5.37. The normalized spacial score (nSPS) is 27.4. The maximum atomic E-state index is 12.5. The maximum Gasteiger partial charge on any atom is 0.221 e. The minimum Gasteiger partial charge on any atom is -0.349 e. The second-order valence-corrected chi connectivity index (χ2v) is 7.95. The van der Waals surface area contributed by atoms with Crippen LogP contribution in [0.1, 0.15) is 55.7 Å². The lowest BCUT2D eigenvalue weighted by Gasteiger charge is -2.28. The van der Waals surface area contributed by atoms with Crippen LogP contribution in [0.2, 0.25) is 0 Å². The Labute approximate surface area is 151 Å². The van der Waals surface area contributed by atoms with E-state index in [9.17, 15) is 4.79 Å². The van der Waals surface area contributed by atoms with Crippen LogP contribution in [0.25, 0.3) is 0 Å². The number of carbonyl (C=O) groups excluding carboxylic acids is 1. The first-order chi connectivity index (χ1) is 12.3. The number of nitrogens with zero attached hydrogens (tertiary/aromatic N) is 2. The van der Waals surface area contributed by atoms with E-state index in [1.165, 1.54) is 49.9 Å². The van der Waals surface area contributed by atoms with E-state index in [0.29, 0.717) is 6.42 Å². The van der Waals surface area contributed by atoms with Gasteiger partial charge in [0.25, 0.3) is 0 Å². The molecule has 1 amide bonds. The van der Waals surface area contributed by atoms with Gasteiger partial charge < -0.3 is 10.2 Å². The Morgan fingerprint density at radius 3 is 2.92 bits per heavy atom. The van der Waals surface area contributed by atoms with Gasteiger partial charge in [-0.3, -0.25) is 9.69 Å². The molecule has 0 unspecified atom stereocenters. The molecule has 3 aliphatic rings. The number of fused-ring (bicyclic) bond motifs is 2. The molecule has 0 bridgehead atoms. The summed E-state index contributed by atoms with van der Waals surface area (Å²) in [5, 5.41) is 3.30. The number of rotatable bonds is 4. The molecule has 2 aliphatic heterocycles. The number of amides is 1. The molecule has 1 aromatic carbocycles. The summed E-state index contributed by atoms with van der Waals surface area (Å²) in [6.07, 6.45) is 7.95. The summed E-state index contributed by atoms with van der Waals surface area (Å²) in [6.45, 7) is 5.73. The van der Waals surface area contributed by atoms with Crippen molar-refractivity contribution in [1.29, 1.82) is 0 Å². The molecule has 4 nitrogen and oxygen atoms in total. The second kappa shape index (κ2) is 7.88. The Balaban J connectivity index is 1.28. The molecule has 4 rings (SSSR count). The van der Waals surface area contributed by atoms with E-state index in [1.54, 1.807) is 0 Å². The first kappa shape index (κ1) is 17.0. The number of aryl methyl sites for hydroxylation is 1. The van der Waals surface area contributed by atoms with E-state index < -0.39 is 0 Å². The summed E-state index contributed by atoms with van der Waals surface area (Å²) >= 11 is 0. The van der Waals surface area contributed by atoms with Crippen molar-refractivity contribution in [2.75, 3.05) is 32.7 Å². The van der Waals surface area contributed by atoms with Crippen molar-refractivity contribution in [3.63, 3.8) is 0 Å². The van der Waals surface area contributed by atoms with Crippen LogP contribution in [0.3, 0.4) is 0 Å². The molecule has 1 aromatic rings. The summed E-state index contributed by atoms with van der Waals surface area (Å²) in [4.78, 5) is 17.7. The highest BCUT2D eigenvalue weighted by atomic mass is 16.1. The SMILES string of the molecule is O=C(CCN1CCCN2CCC[C@@H]2C1)N[C@H]1CCCc2ccccc21. The third-order valence-corrected chi connectivity index (χ3v) is 6.25. The molecule has 0 saturated carbocycles. The minimum absolute atomic E-state index is 0.215. The van der Waals surface area contributed by atoms with Gasteiger partial charge in [0, 0.05) is 25.6 Å². The average molecular weight is 341 g/mol. The lowest BCUT2D eigenvalue weighted by Crippen LogP contribution is -2.39. The van der Waals surface area contributed by atoms with Crippen molar-refractivity contribution in [2.45, 2.75) is 57.0 Å². The van der Waals surface area contributed by atoms with Gasteiger partial charge in [-0.25, -0.2) is 0 Å². The number of nitrogens with one attached hydrogen (secondary N) is 1. The third-order valence-electron chi connectivity index (χ3n) is 6.25. The Morgan fingerprint density at radius 1 is 1.08 bits per heavy atom. The molecule has 2 saturated heterocycles. The van der Waals surface area contributed by atoms with Gasteiger partial charge in [-0.05, 0) is 69.3 Å². The number of benzene rings is 1. The summed E-state index contributed by atoms with van der Waals surface area (Å²) in [5.74, 6) is 0.217. The first-order valence-electron chi connectivity index (χ1n) is 10.1. The highest BCUT2D eigenvalue weighted by Gasteiger charge is 2.29. The van der Waals surface area contributed by atoms with Crippen molar-refractivity contribution >= 4 is 5.91 Å². The smallest absolute Gasteiger partial charge is 0.221 e. The quantitative estimate of drug-likeness (QED) is 0.915. The van der Waals surface area contributed by atoms with E-state index in [4.69, 9.17) is 0 Å². The molecule has 2 atom stereocenters. The van der Waals surface area contributed by atoms with Crippen LogP contribution in [0.4, 0.5) is 0 Å². The Bertz CT molecular complexity index is 603. The van der Waals surface area contributed by atoms with Crippen LogP contribution in [-0.4, -0.2) is 54.5 Å². The van der Waals surface area contributed by atoms with Crippen LogP contribution in [0, 0.1) is 0 Å². The van der Waals surface area contributed by atoms with Crippen LogP contribution in [-0.2, 0) is 11.2 Å². The fourth-order valence-corrected chi connectivity index (χ4v) is 4.92. The van der Waals surface area contributed by atoms with Gasteiger partial charge in [0.1, 0.15) is 0 Å². The molecule has 0 radical (unpaired) electrons. The number of carbonyl (C=O) groups is 1. The van der Waals surface area contributed by atoms with Crippen molar-refractivity contribution in [2.24, 2.45) is 0 Å². The van der Waals surface area contributed by atoms with Gasteiger partial charge in [-0.2, -0.15) is 0 Å². The van der Waals surface area contributed by atoms with E-state index >= 15 is 0 Å². The summed E-state index contributed by atoms with van der Waals surface area (Å²) in [5.41, 5.74) is 2.74. The molecule has 4 heteroatoms. The highest BCUT2D eigenvalue weighted by Crippen LogP contribution is 2.29. The van der Waals surface area contributed by atoms with Gasteiger partial charge >= 0.3 is 0 Å². The zero-order valence-electron chi connectivity index (χ0n) is 15.3. The maximum absolute atomic E-state index is 12.5. The predicted octanol–water partition coefficient (Wildman–Crippen LogP) is 2.74. The van der Waals surface area contributed by atoms with Crippen LogP contribution in [0.15, 0.2) is 24.3 Å². The van der Waals surface area contributed by atoms with Crippen molar-refractivity contribution in [3.8, 4) is 0 Å².